The quantitative estimate of drug-likeness (QED) is 0.684. The molecule has 0 aliphatic carbocycles. The van der Waals surface area contributed by atoms with Gasteiger partial charge < -0.3 is 10.4 Å². The summed E-state index contributed by atoms with van der Waals surface area (Å²) in [5.74, 6) is -0.859. The number of fused-ring (bicyclic) bond motifs is 1. The molecule has 0 aromatic heterocycles. The Labute approximate surface area is 76.4 Å². The normalized spacial score (nSPS) is 19.9. The number of carboxylic acids is 1. The van der Waals surface area contributed by atoms with Gasteiger partial charge in [-0.15, -0.1) is 0 Å². The average Bonchev–Trinajstić information content (AvgIpc) is 2.47. The number of carboxylic acid groups (broad SMARTS) is 1. The molecular formula is C10H11NO2. The third-order valence-electron chi connectivity index (χ3n) is 2.46. The van der Waals surface area contributed by atoms with Gasteiger partial charge in [0.25, 0.3) is 0 Å². The van der Waals surface area contributed by atoms with Crippen molar-refractivity contribution < 1.29 is 9.90 Å². The molecule has 1 aromatic carbocycles. The molecule has 2 rings (SSSR count). The second-order valence-electron chi connectivity index (χ2n) is 3.32. The molecule has 0 spiro atoms. The highest BCUT2D eigenvalue weighted by atomic mass is 16.4. The minimum Gasteiger partial charge on any atom is -0.478 e. The first-order chi connectivity index (χ1) is 6.18. The zero-order valence-corrected chi connectivity index (χ0v) is 7.37. The lowest BCUT2D eigenvalue weighted by Gasteiger charge is -2.04. The van der Waals surface area contributed by atoms with E-state index in [9.17, 15) is 4.79 Å². The molecule has 3 heteroatoms. The lowest BCUT2D eigenvalue weighted by atomic mass is 10.0. The molecule has 68 valence electrons. The summed E-state index contributed by atoms with van der Waals surface area (Å²) in [7, 11) is 0. The maximum atomic E-state index is 10.7. The number of rotatable bonds is 1. The summed E-state index contributed by atoms with van der Waals surface area (Å²) in [5, 5.41) is 12.0. The minimum atomic E-state index is -0.859. The van der Waals surface area contributed by atoms with Crippen LogP contribution in [0.3, 0.4) is 0 Å². The smallest absolute Gasteiger partial charge is 0.335 e. The number of hydrogen-bond donors (Lipinski definition) is 2. The fourth-order valence-electron chi connectivity index (χ4n) is 1.67. The summed E-state index contributed by atoms with van der Waals surface area (Å²) in [6.07, 6.45) is 0. The van der Waals surface area contributed by atoms with Crippen molar-refractivity contribution in [2.75, 3.05) is 0 Å². The molecule has 0 fully saturated rings. The molecule has 2 N–H and O–H groups in total. The second kappa shape index (κ2) is 2.85. The van der Waals surface area contributed by atoms with Crippen LogP contribution in [0.5, 0.6) is 0 Å². The monoisotopic (exact) mass is 177 g/mol. The Morgan fingerprint density at radius 3 is 3.08 bits per heavy atom. The van der Waals surface area contributed by atoms with Gasteiger partial charge in [-0.25, -0.2) is 4.79 Å². The standard InChI is InChI=1S/C10H11NO2/c1-6-9-4-7(10(12)13)2-3-8(9)5-11-6/h2-4,6,11H,5H2,1H3,(H,12,13)/t6-/m1/s1. The summed E-state index contributed by atoms with van der Waals surface area (Å²) < 4.78 is 0. The number of carbonyl (C=O) groups is 1. The topological polar surface area (TPSA) is 49.3 Å². The number of nitrogens with one attached hydrogen (secondary N) is 1. The molecule has 0 amide bonds. The van der Waals surface area contributed by atoms with Crippen LogP contribution in [0.2, 0.25) is 0 Å². The van der Waals surface area contributed by atoms with E-state index in [1.54, 1.807) is 12.1 Å². The Kier molecular flexibility index (Phi) is 1.81. The van der Waals surface area contributed by atoms with Crippen LogP contribution in [-0.2, 0) is 6.54 Å². The van der Waals surface area contributed by atoms with Gasteiger partial charge in [-0.2, -0.15) is 0 Å². The largest absolute Gasteiger partial charge is 0.478 e. The molecule has 0 saturated carbocycles. The zero-order chi connectivity index (χ0) is 9.42. The van der Waals surface area contributed by atoms with E-state index in [0.29, 0.717) is 5.56 Å². The fourth-order valence-corrected chi connectivity index (χ4v) is 1.67. The molecule has 1 aliphatic rings. The van der Waals surface area contributed by atoms with Gasteiger partial charge in [-0.3, -0.25) is 0 Å². The van der Waals surface area contributed by atoms with Crippen molar-refractivity contribution in [1.82, 2.24) is 5.32 Å². The fraction of sp³-hybridized carbons (Fsp3) is 0.300. The minimum absolute atomic E-state index is 0.272. The van der Waals surface area contributed by atoms with Crippen molar-refractivity contribution in [2.45, 2.75) is 19.5 Å². The van der Waals surface area contributed by atoms with Gasteiger partial charge in [-0.05, 0) is 30.2 Å². The Morgan fingerprint density at radius 1 is 1.62 bits per heavy atom. The van der Waals surface area contributed by atoms with Crippen LogP contribution < -0.4 is 5.32 Å². The van der Waals surface area contributed by atoms with E-state index >= 15 is 0 Å². The molecule has 0 radical (unpaired) electrons. The molecule has 1 aromatic rings. The lowest BCUT2D eigenvalue weighted by molar-refractivity contribution is 0.0697. The first-order valence-electron chi connectivity index (χ1n) is 4.28. The van der Waals surface area contributed by atoms with Gasteiger partial charge >= 0.3 is 5.97 Å². The predicted octanol–water partition coefficient (Wildman–Crippen LogP) is 1.55. The number of aromatic carboxylic acids is 1. The van der Waals surface area contributed by atoms with Gasteiger partial charge in [0.05, 0.1) is 5.56 Å². The number of benzene rings is 1. The van der Waals surface area contributed by atoms with Crippen LogP contribution >= 0.6 is 0 Å². The molecular weight excluding hydrogens is 166 g/mol. The van der Waals surface area contributed by atoms with Gasteiger partial charge in [0, 0.05) is 12.6 Å². The highest BCUT2D eigenvalue weighted by molar-refractivity contribution is 5.88. The second-order valence-corrected chi connectivity index (χ2v) is 3.32. The molecule has 1 aliphatic heterocycles. The van der Waals surface area contributed by atoms with Gasteiger partial charge in [0.2, 0.25) is 0 Å². The maximum Gasteiger partial charge on any atom is 0.335 e. The number of hydrogen-bond acceptors (Lipinski definition) is 2. The first kappa shape index (κ1) is 8.26. The third-order valence-corrected chi connectivity index (χ3v) is 2.46. The summed E-state index contributed by atoms with van der Waals surface area (Å²) in [6.45, 7) is 2.88. The molecule has 3 nitrogen and oxygen atoms in total. The van der Waals surface area contributed by atoms with E-state index in [4.69, 9.17) is 5.11 Å². The van der Waals surface area contributed by atoms with E-state index in [0.717, 1.165) is 12.1 Å². The van der Waals surface area contributed by atoms with Crippen molar-refractivity contribution in [3.05, 3.63) is 34.9 Å². The van der Waals surface area contributed by atoms with Crippen molar-refractivity contribution >= 4 is 5.97 Å². The Balaban J connectivity index is 2.47. The molecule has 0 saturated heterocycles. The van der Waals surface area contributed by atoms with Crippen LogP contribution in [0.15, 0.2) is 18.2 Å². The summed E-state index contributed by atoms with van der Waals surface area (Å²) >= 11 is 0. The molecule has 13 heavy (non-hydrogen) atoms. The molecule has 0 unspecified atom stereocenters. The zero-order valence-electron chi connectivity index (χ0n) is 7.37. The van der Waals surface area contributed by atoms with Gasteiger partial charge in [0.15, 0.2) is 0 Å². The Morgan fingerprint density at radius 2 is 2.38 bits per heavy atom. The molecule has 1 atom stereocenters. The van der Waals surface area contributed by atoms with E-state index in [1.807, 2.05) is 13.0 Å². The van der Waals surface area contributed by atoms with Crippen molar-refractivity contribution in [1.29, 1.82) is 0 Å². The predicted molar refractivity (Wildman–Crippen MR) is 48.7 cm³/mol. The average molecular weight is 177 g/mol. The van der Waals surface area contributed by atoms with Crippen molar-refractivity contribution in [2.24, 2.45) is 0 Å². The van der Waals surface area contributed by atoms with E-state index in [2.05, 4.69) is 5.32 Å². The van der Waals surface area contributed by atoms with Crippen LogP contribution in [0.1, 0.15) is 34.5 Å². The van der Waals surface area contributed by atoms with Gasteiger partial charge in [-0.1, -0.05) is 6.07 Å². The first-order valence-corrected chi connectivity index (χ1v) is 4.28. The summed E-state index contributed by atoms with van der Waals surface area (Å²) in [6, 6.07) is 5.56. The van der Waals surface area contributed by atoms with Crippen LogP contribution in [0.25, 0.3) is 0 Å². The lowest BCUT2D eigenvalue weighted by Crippen LogP contribution is -2.07. The third kappa shape index (κ3) is 1.31. The summed E-state index contributed by atoms with van der Waals surface area (Å²) in [5.41, 5.74) is 2.69. The Bertz CT molecular complexity index is 360. The van der Waals surface area contributed by atoms with Crippen LogP contribution in [0.4, 0.5) is 0 Å². The summed E-state index contributed by atoms with van der Waals surface area (Å²) in [4.78, 5) is 10.7. The SMILES string of the molecule is C[C@H]1NCc2ccc(C(=O)O)cc21. The van der Waals surface area contributed by atoms with Crippen LogP contribution in [0, 0.1) is 0 Å². The maximum absolute atomic E-state index is 10.7. The molecule has 1 heterocycles. The molecule has 0 bridgehead atoms. The highest BCUT2D eigenvalue weighted by Crippen LogP contribution is 2.25. The van der Waals surface area contributed by atoms with Crippen molar-refractivity contribution in [3.8, 4) is 0 Å². The van der Waals surface area contributed by atoms with E-state index in [-0.39, 0.29) is 6.04 Å². The van der Waals surface area contributed by atoms with E-state index < -0.39 is 5.97 Å². The van der Waals surface area contributed by atoms with Crippen LogP contribution in [-0.4, -0.2) is 11.1 Å². The van der Waals surface area contributed by atoms with Crippen molar-refractivity contribution in [3.63, 3.8) is 0 Å². The highest BCUT2D eigenvalue weighted by Gasteiger charge is 2.18. The van der Waals surface area contributed by atoms with E-state index in [1.165, 1.54) is 5.56 Å². The Hall–Kier alpha value is -1.35. The van der Waals surface area contributed by atoms with Gasteiger partial charge in [0.1, 0.15) is 0 Å².